The number of carbonyl (C=O) groups is 1. The first-order valence-corrected chi connectivity index (χ1v) is 9.20. The molecular formula is C19H18F3N3OS. The normalized spacial score (nSPS) is 15.4. The molecule has 142 valence electrons. The van der Waals surface area contributed by atoms with E-state index in [1.807, 2.05) is 38.1 Å². The molecule has 0 bridgehead atoms. The van der Waals surface area contributed by atoms with E-state index < -0.39 is 23.3 Å². The van der Waals surface area contributed by atoms with Gasteiger partial charge in [-0.1, -0.05) is 42.1 Å². The maximum absolute atomic E-state index is 13.0. The van der Waals surface area contributed by atoms with Gasteiger partial charge in [-0.25, -0.2) is 0 Å². The van der Waals surface area contributed by atoms with E-state index in [0.717, 1.165) is 17.3 Å². The highest BCUT2D eigenvalue weighted by atomic mass is 32.2. The zero-order valence-electron chi connectivity index (χ0n) is 14.7. The Labute approximate surface area is 159 Å². The lowest BCUT2D eigenvalue weighted by Crippen LogP contribution is -2.34. The fraction of sp³-hybridized carbons (Fsp3) is 0.263. The molecule has 0 aliphatic carbocycles. The molecule has 2 aromatic rings. The third kappa shape index (κ3) is 4.63. The number of fused-ring (bicyclic) bond motifs is 1. The van der Waals surface area contributed by atoms with E-state index in [-0.39, 0.29) is 11.4 Å². The molecule has 2 N–H and O–H groups in total. The predicted molar refractivity (Wildman–Crippen MR) is 103 cm³/mol. The number of thioether (sulfide) groups is 1. The second-order valence-electron chi connectivity index (χ2n) is 6.53. The average molecular weight is 393 g/mol. The fourth-order valence-electron chi connectivity index (χ4n) is 2.72. The van der Waals surface area contributed by atoms with E-state index >= 15 is 0 Å². The zero-order chi connectivity index (χ0) is 19.7. The van der Waals surface area contributed by atoms with Gasteiger partial charge in [0.1, 0.15) is 10.7 Å². The van der Waals surface area contributed by atoms with Gasteiger partial charge < -0.3 is 10.6 Å². The van der Waals surface area contributed by atoms with E-state index in [0.29, 0.717) is 5.04 Å². The molecule has 0 aromatic heterocycles. The predicted octanol–water partition coefficient (Wildman–Crippen LogP) is 4.99. The summed E-state index contributed by atoms with van der Waals surface area (Å²) in [4.78, 5) is 16.8. The fourth-order valence-corrected chi connectivity index (χ4v) is 3.69. The third-order valence-electron chi connectivity index (χ3n) is 3.83. The number of alkyl halides is 3. The number of amides is 1. The molecule has 0 saturated carbocycles. The van der Waals surface area contributed by atoms with Crippen molar-refractivity contribution >= 4 is 34.1 Å². The minimum absolute atomic E-state index is 0.0462. The van der Waals surface area contributed by atoms with Crippen molar-refractivity contribution in [3.05, 3.63) is 59.7 Å². The third-order valence-corrected chi connectivity index (χ3v) is 4.82. The zero-order valence-corrected chi connectivity index (χ0v) is 15.5. The second-order valence-corrected chi connectivity index (χ2v) is 7.49. The summed E-state index contributed by atoms with van der Waals surface area (Å²) in [6, 6.07) is 12.5. The molecule has 8 heteroatoms. The van der Waals surface area contributed by atoms with Crippen molar-refractivity contribution in [2.45, 2.75) is 25.7 Å². The van der Waals surface area contributed by atoms with Crippen molar-refractivity contribution in [2.24, 2.45) is 4.99 Å². The van der Waals surface area contributed by atoms with Gasteiger partial charge in [-0.2, -0.15) is 13.2 Å². The molecule has 3 rings (SSSR count). The molecule has 1 aliphatic heterocycles. The number of hydrogen-bond donors (Lipinski definition) is 2. The molecule has 1 aliphatic rings. The molecule has 0 radical (unpaired) electrons. The van der Waals surface area contributed by atoms with Gasteiger partial charge in [-0.15, -0.1) is 0 Å². The Morgan fingerprint density at radius 1 is 1.15 bits per heavy atom. The molecule has 2 aromatic carbocycles. The largest absolute Gasteiger partial charge is 0.418 e. The van der Waals surface area contributed by atoms with Crippen LogP contribution < -0.4 is 10.6 Å². The molecule has 0 atom stereocenters. The summed E-state index contributed by atoms with van der Waals surface area (Å²) < 4.78 is 39.1. The number of rotatable bonds is 3. The molecular weight excluding hydrogens is 375 g/mol. The number of benzene rings is 2. The standard InChI is InChI=1S/C19H18F3N3OS/c1-18(2)24-14-9-5-3-7-12(14)17(25-18)27-11-16(26)23-15-10-6-4-8-13(15)19(20,21)22/h3-10,24H,11H2,1-2H3,(H,23,26). The van der Waals surface area contributed by atoms with Gasteiger partial charge in [-0.05, 0) is 32.0 Å². The van der Waals surface area contributed by atoms with Crippen LogP contribution in [0, 0.1) is 0 Å². The van der Waals surface area contributed by atoms with E-state index in [1.165, 1.54) is 30.0 Å². The number of nitrogens with one attached hydrogen (secondary N) is 2. The summed E-state index contributed by atoms with van der Waals surface area (Å²) in [5.74, 6) is -0.566. The Bertz CT molecular complexity index is 894. The van der Waals surface area contributed by atoms with Crippen molar-refractivity contribution < 1.29 is 18.0 Å². The van der Waals surface area contributed by atoms with Crippen LogP contribution in [0.15, 0.2) is 53.5 Å². The van der Waals surface area contributed by atoms with Crippen LogP contribution in [0.2, 0.25) is 0 Å². The SMILES string of the molecule is CC1(C)N=C(SCC(=O)Nc2ccccc2C(F)(F)F)c2ccccc2N1. The van der Waals surface area contributed by atoms with Gasteiger partial charge in [-0.3, -0.25) is 9.79 Å². The lowest BCUT2D eigenvalue weighted by atomic mass is 10.1. The van der Waals surface area contributed by atoms with E-state index in [4.69, 9.17) is 0 Å². The van der Waals surface area contributed by atoms with Crippen LogP contribution >= 0.6 is 11.8 Å². The summed E-state index contributed by atoms with van der Waals surface area (Å²) in [5.41, 5.74) is 0.126. The van der Waals surface area contributed by atoms with E-state index in [2.05, 4.69) is 15.6 Å². The maximum atomic E-state index is 13.0. The number of anilines is 2. The second kappa shape index (κ2) is 7.26. The molecule has 0 spiro atoms. The van der Waals surface area contributed by atoms with Crippen LogP contribution in [0.3, 0.4) is 0 Å². The van der Waals surface area contributed by atoms with Gasteiger partial charge in [0, 0.05) is 11.3 Å². The van der Waals surface area contributed by atoms with Gasteiger partial charge in [0.05, 0.1) is 17.0 Å². The number of nitrogens with zero attached hydrogens (tertiary/aromatic N) is 1. The van der Waals surface area contributed by atoms with Crippen molar-refractivity contribution in [2.75, 3.05) is 16.4 Å². The highest BCUT2D eigenvalue weighted by Crippen LogP contribution is 2.35. The van der Waals surface area contributed by atoms with Crippen molar-refractivity contribution in [1.29, 1.82) is 0 Å². The molecule has 0 unspecified atom stereocenters. The maximum Gasteiger partial charge on any atom is 0.418 e. The first-order valence-electron chi connectivity index (χ1n) is 8.22. The number of halogens is 3. The summed E-state index contributed by atoms with van der Waals surface area (Å²) in [6.45, 7) is 3.81. The molecule has 0 fully saturated rings. The van der Waals surface area contributed by atoms with Crippen LogP contribution in [0.4, 0.5) is 24.5 Å². The van der Waals surface area contributed by atoms with Crippen LogP contribution in [-0.4, -0.2) is 22.4 Å². The lowest BCUT2D eigenvalue weighted by molar-refractivity contribution is -0.137. The van der Waals surface area contributed by atoms with Crippen molar-refractivity contribution in [3.63, 3.8) is 0 Å². The number of aliphatic imine (C=N–C) groups is 1. The number of hydrogen-bond acceptors (Lipinski definition) is 4. The van der Waals surface area contributed by atoms with Gasteiger partial charge >= 0.3 is 6.18 Å². The van der Waals surface area contributed by atoms with Gasteiger partial charge in [0.25, 0.3) is 0 Å². The molecule has 27 heavy (non-hydrogen) atoms. The minimum atomic E-state index is -4.53. The van der Waals surface area contributed by atoms with Crippen LogP contribution in [0.1, 0.15) is 25.0 Å². The Morgan fingerprint density at radius 2 is 1.81 bits per heavy atom. The first kappa shape index (κ1) is 19.3. The van der Waals surface area contributed by atoms with Crippen molar-refractivity contribution in [3.8, 4) is 0 Å². The Morgan fingerprint density at radius 3 is 2.56 bits per heavy atom. The quantitative estimate of drug-likeness (QED) is 0.773. The minimum Gasteiger partial charge on any atom is -0.361 e. The summed E-state index contributed by atoms with van der Waals surface area (Å²) in [7, 11) is 0. The number of carbonyl (C=O) groups excluding carboxylic acids is 1. The van der Waals surface area contributed by atoms with Crippen LogP contribution in [0.5, 0.6) is 0 Å². The molecule has 0 saturated heterocycles. The summed E-state index contributed by atoms with van der Waals surface area (Å²) >= 11 is 1.20. The Balaban J connectivity index is 1.73. The Kier molecular flexibility index (Phi) is 5.19. The highest BCUT2D eigenvalue weighted by Gasteiger charge is 2.33. The monoisotopic (exact) mass is 393 g/mol. The van der Waals surface area contributed by atoms with Crippen molar-refractivity contribution in [1.82, 2.24) is 0 Å². The van der Waals surface area contributed by atoms with Gasteiger partial charge in [0.2, 0.25) is 5.91 Å². The smallest absolute Gasteiger partial charge is 0.361 e. The van der Waals surface area contributed by atoms with E-state index in [9.17, 15) is 18.0 Å². The lowest BCUT2D eigenvalue weighted by Gasteiger charge is -2.30. The summed E-state index contributed by atoms with van der Waals surface area (Å²) in [6.07, 6.45) is -4.53. The van der Waals surface area contributed by atoms with E-state index in [1.54, 1.807) is 0 Å². The first-order chi connectivity index (χ1) is 12.7. The summed E-state index contributed by atoms with van der Waals surface area (Å²) in [5, 5.41) is 6.32. The number of para-hydroxylation sites is 2. The topological polar surface area (TPSA) is 53.5 Å². The highest BCUT2D eigenvalue weighted by molar-refractivity contribution is 8.15. The Hall–Kier alpha value is -2.48. The molecule has 4 nitrogen and oxygen atoms in total. The van der Waals surface area contributed by atoms with Crippen LogP contribution in [-0.2, 0) is 11.0 Å². The average Bonchev–Trinajstić information content (AvgIpc) is 2.58. The molecule has 1 amide bonds. The van der Waals surface area contributed by atoms with Crippen LogP contribution in [0.25, 0.3) is 0 Å². The molecule has 1 heterocycles. The van der Waals surface area contributed by atoms with Gasteiger partial charge in [0.15, 0.2) is 0 Å².